The van der Waals surface area contributed by atoms with E-state index in [1.54, 1.807) is 0 Å². The van der Waals surface area contributed by atoms with Gasteiger partial charge in [-0.25, -0.2) is 0 Å². The minimum atomic E-state index is 0.322. The number of ether oxygens (including phenoxy) is 1. The van der Waals surface area contributed by atoms with E-state index in [1.807, 2.05) is 6.26 Å². The van der Waals surface area contributed by atoms with E-state index in [2.05, 4.69) is 30.1 Å². The second-order valence-corrected chi connectivity index (χ2v) is 5.37. The first kappa shape index (κ1) is 14.6. The molecule has 1 aromatic rings. The first-order chi connectivity index (χ1) is 9.28. The molecule has 1 atom stereocenters. The third-order valence-corrected chi connectivity index (χ3v) is 3.38. The molecule has 0 aromatic carbocycles. The van der Waals surface area contributed by atoms with Crippen LogP contribution in [0.3, 0.4) is 0 Å². The summed E-state index contributed by atoms with van der Waals surface area (Å²) < 4.78 is 11.3. The van der Waals surface area contributed by atoms with E-state index in [-0.39, 0.29) is 0 Å². The van der Waals surface area contributed by atoms with E-state index < -0.39 is 0 Å². The van der Waals surface area contributed by atoms with Crippen LogP contribution in [0.15, 0.2) is 16.7 Å². The molecule has 0 radical (unpaired) electrons. The van der Waals surface area contributed by atoms with Crippen molar-refractivity contribution >= 4 is 0 Å². The van der Waals surface area contributed by atoms with Gasteiger partial charge in [-0.05, 0) is 32.4 Å². The summed E-state index contributed by atoms with van der Waals surface area (Å²) in [5.74, 6) is 1.06. The van der Waals surface area contributed by atoms with Gasteiger partial charge in [-0.2, -0.15) is 0 Å². The largest absolute Gasteiger partial charge is 0.468 e. The maximum absolute atomic E-state index is 5.66. The van der Waals surface area contributed by atoms with Gasteiger partial charge in [-0.15, -0.1) is 0 Å². The van der Waals surface area contributed by atoms with Crippen molar-refractivity contribution < 1.29 is 9.15 Å². The molecule has 4 heteroatoms. The summed E-state index contributed by atoms with van der Waals surface area (Å²) in [7, 11) is 0. The molecule has 1 N–H and O–H groups in total. The zero-order valence-electron chi connectivity index (χ0n) is 12.2. The van der Waals surface area contributed by atoms with Crippen molar-refractivity contribution in [2.24, 2.45) is 0 Å². The zero-order valence-corrected chi connectivity index (χ0v) is 12.2. The van der Waals surface area contributed by atoms with Crippen molar-refractivity contribution in [2.45, 2.75) is 45.9 Å². The molecule has 1 fully saturated rings. The molecule has 19 heavy (non-hydrogen) atoms. The number of furan rings is 1. The second kappa shape index (κ2) is 7.68. The lowest BCUT2D eigenvalue weighted by Gasteiger charge is -2.20. The monoisotopic (exact) mass is 266 g/mol. The van der Waals surface area contributed by atoms with Crippen LogP contribution in [0.4, 0.5) is 0 Å². The molecule has 0 amide bonds. The maximum Gasteiger partial charge on any atom is 0.118 e. The van der Waals surface area contributed by atoms with Crippen molar-refractivity contribution in [1.82, 2.24) is 10.2 Å². The van der Waals surface area contributed by atoms with Gasteiger partial charge in [-0.1, -0.05) is 6.92 Å². The topological polar surface area (TPSA) is 37.6 Å². The highest BCUT2D eigenvalue weighted by atomic mass is 16.5. The summed E-state index contributed by atoms with van der Waals surface area (Å²) in [6.07, 6.45) is 4.46. The summed E-state index contributed by atoms with van der Waals surface area (Å²) in [5, 5.41) is 3.39. The van der Waals surface area contributed by atoms with Crippen molar-refractivity contribution in [1.29, 1.82) is 0 Å². The molecule has 0 spiro atoms. The number of hydrogen-bond acceptors (Lipinski definition) is 4. The minimum Gasteiger partial charge on any atom is -0.468 e. The van der Waals surface area contributed by atoms with Gasteiger partial charge >= 0.3 is 0 Å². The number of nitrogens with one attached hydrogen (secondary N) is 1. The fourth-order valence-corrected chi connectivity index (χ4v) is 2.46. The Kier molecular flexibility index (Phi) is 5.89. The van der Waals surface area contributed by atoms with Crippen LogP contribution < -0.4 is 5.32 Å². The van der Waals surface area contributed by atoms with Crippen LogP contribution in [-0.4, -0.2) is 37.2 Å². The highest BCUT2D eigenvalue weighted by Crippen LogP contribution is 2.13. The minimum absolute atomic E-state index is 0.322. The Morgan fingerprint density at radius 2 is 2.37 bits per heavy atom. The van der Waals surface area contributed by atoms with E-state index in [4.69, 9.17) is 9.15 Å². The molecule has 4 nitrogen and oxygen atoms in total. The number of hydrogen-bond donors (Lipinski definition) is 1. The predicted octanol–water partition coefficient (Wildman–Crippen LogP) is 2.39. The standard InChI is InChI=1S/C15H26N2O2/c1-3-5-16-9-14-8-15(19-12-14)11-17-6-4-7-18-13(2)10-17/h8,12-13,16H,3-7,9-11H2,1-2H3. The molecule has 0 aliphatic carbocycles. The Morgan fingerprint density at radius 1 is 1.47 bits per heavy atom. The molecule has 0 saturated carbocycles. The first-order valence-corrected chi connectivity index (χ1v) is 7.39. The second-order valence-electron chi connectivity index (χ2n) is 5.37. The Morgan fingerprint density at radius 3 is 3.21 bits per heavy atom. The molecular weight excluding hydrogens is 240 g/mol. The lowest BCUT2D eigenvalue weighted by molar-refractivity contribution is 0.0659. The number of rotatable bonds is 6. The summed E-state index contributed by atoms with van der Waals surface area (Å²) >= 11 is 0. The van der Waals surface area contributed by atoms with Gasteiger partial charge in [-0.3, -0.25) is 4.90 Å². The molecule has 1 aliphatic rings. The maximum atomic E-state index is 5.66. The molecule has 108 valence electrons. The Labute approximate surface area is 116 Å². The molecule has 1 aromatic heterocycles. The van der Waals surface area contributed by atoms with E-state index in [0.717, 1.165) is 57.9 Å². The molecule has 1 saturated heterocycles. The fraction of sp³-hybridized carbons (Fsp3) is 0.733. The Bertz CT molecular complexity index is 365. The van der Waals surface area contributed by atoms with Crippen LogP contribution in [0.1, 0.15) is 38.0 Å². The quantitative estimate of drug-likeness (QED) is 0.802. The van der Waals surface area contributed by atoms with Gasteiger partial charge < -0.3 is 14.5 Å². The summed E-state index contributed by atoms with van der Waals surface area (Å²) in [5.41, 5.74) is 1.24. The SMILES string of the molecule is CCCNCc1coc(CN2CCCOC(C)C2)c1. The summed E-state index contributed by atoms with van der Waals surface area (Å²) in [6, 6.07) is 2.17. The third kappa shape index (κ3) is 4.97. The Hall–Kier alpha value is -0.840. The van der Waals surface area contributed by atoms with Crippen molar-refractivity contribution in [2.75, 3.05) is 26.2 Å². The Balaban J connectivity index is 1.81. The number of nitrogens with zero attached hydrogens (tertiary/aromatic N) is 1. The van der Waals surface area contributed by atoms with Crippen molar-refractivity contribution in [3.63, 3.8) is 0 Å². The van der Waals surface area contributed by atoms with Crippen LogP contribution in [0.2, 0.25) is 0 Å². The van der Waals surface area contributed by atoms with E-state index >= 15 is 0 Å². The van der Waals surface area contributed by atoms with E-state index in [1.165, 1.54) is 5.56 Å². The van der Waals surface area contributed by atoms with Crippen LogP contribution in [0.5, 0.6) is 0 Å². The van der Waals surface area contributed by atoms with E-state index in [9.17, 15) is 0 Å². The lowest BCUT2D eigenvalue weighted by Crippen LogP contribution is -2.29. The lowest BCUT2D eigenvalue weighted by atomic mass is 10.2. The summed E-state index contributed by atoms with van der Waals surface area (Å²) in [6.45, 7) is 10.1. The fourth-order valence-electron chi connectivity index (χ4n) is 2.46. The van der Waals surface area contributed by atoms with Gasteiger partial charge in [0.05, 0.1) is 18.9 Å². The van der Waals surface area contributed by atoms with Gasteiger partial charge in [0.25, 0.3) is 0 Å². The van der Waals surface area contributed by atoms with Crippen molar-refractivity contribution in [3.05, 3.63) is 23.7 Å². The highest BCUT2D eigenvalue weighted by Gasteiger charge is 2.16. The van der Waals surface area contributed by atoms with Gasteiger partial charge in [0.15, 0.2) is 0 Å². The molecule has 1 aliphatic heterocycles. The molecule has 2 rings (SSSR count). The normalized spacial score (nSPS) is 21.5. The average molecular weight is 266 g/mol. The van der Waals surface area contributed by atoms with Crippen LogP contribution in [-0.2, 0) is 17.8 Å². The van der Waals surface area contributed by atoms with Crippen LogP contribution >= 0.6 is 0 Å². The summed E-state index contributed by atoms with van der Waals surface area (Å²) in [4.78, 5) is 2.42. The first-order valence-electron chi connectivity index (χ1n) is 7.39. The molecule has 2 heterocycles. The van der Waals surface area contributed by atoms with Crippen LogP contribution in [0, 0.1) is 0 Å². The van der Waals surface area contributed by atoms with Gasteiger partial charge in [0, 0.05) is 31.8 Å². The average Bonchev–Trinajstić information content (AvgIpc) is 2.72. The smallest absolute Gasteiger partial charge is 0.118 e. The van der Waals surface area contributed by atoms with Gasteiger partial charge in [0.1, 0.15) is 5.76 Å². The molecular formula is C15H26N2O2. The van der Waals surface area contributed by atoms with E-state index in [0.29, 0.717) is 6.10 Å². The highest BCUT2D eigenvalue weighted by molar-refractivity contribution is 5.12. The van der Waals surface area contributed by atoms with Gasteiger partial charge in [0.2, 0.25) is 0 Å². The molecule has 1 unspecified atom stereocenters. The molecule has 0 bridgehead atoms. The zero-order chi connectivity index (χ0) is 13.5. The van der Waals surface area contributed by atoms with Crippen molar-refractivity contribution in [3.8, 4) is 0 Å². The third-order valence-electron chi connectivity index (χ3n) is 3.38. The van der Waals surface area contributed by atoms with Crippen LogP contribution in [0.25, 0.3) is 0 Å². The predicted molar refractivity (Wildman–Crippen MR) is 76.0 cm³/mol.